The van der Waals surface area contributed by atoms with Crippen LogP contribution in [0.4, 0.5) is 0 Å². The third-order valence-electron chi connectivity index (χ3n) is 2.02. The molecule has 1 saturated heterocycles. The van der Waals surface area contributed by atoms with E-state index in [-0.39, 0.29) is 5.56 Å². The molecule has 2 atom stereocenters. The van der Waals surface area contributed by atoms with Gasteiger partial charge in [0.15, 0.2) is 10.6 Å². The lowest BCUT2D eigenvalue weighted by Gasteiger charge is -2.20. The molecule has 76 valence electrons. The van der Waals surface area contributed by atoms with Gasteiger partial charge in [-0.2, -0.15) is 0 Å². The van der Waals surface area contributed by atoms with Gasteiger partial charge in [-0.05, 0) is 25.1 Å². The summed E-state index contributed by atoms with van der Waals surface area (Å²) in [4.78, 5) is 0. The van der Waals surface area contributed by atoms with Gasteiger partial charge in [-0.1, -0.05) is 11.6 Å². The van der Waals surface area contributed by atoms with Crippen molar-refractivity contribution in [3.05, 3.63) is 0 Å². The number of thiocarbonyl (C=S) groups is 1. The Labute approximate surface area is 89.1 Å². The van der Waals surface area contributed by atoms with Gasteiger partial charge in [0.25, 0.3) is 0 Å². The summed E-state index contributed by atoms with van der Waals surface area (Å²) in [6.07, 6.45) is 2.18. The third kappa shape index (κ3) is 4.22. The van der Waals surface area contributed by atoms with E-state index in [2.05, 4.69) is 10.9 Å². The minimum absolute atomic E-state index is 0.301. The predicted molar refractivity (Wildman–Crippen MR) is 57.7 cm³/mol. The highest BCUT2D eigenvalue weighted by Gasteiger charge is 2.21. The van der Waals surface area contributed by atoms with Crippen LogP contribution < -0.4 is 10.9 Å². The van der Waals surface area contributed by atoms with Crippen LogP contribution in [0.5, 0.6) is 0 Å². The fourth-order valence-electron chi connectivity index (χ4n) is 1.32. The van der Waals surface area contributed by atoms with Crippen molar-refractivity contribution >= 4 is 28.9 Å². The van der Waals surface area contributed by atoms with Crippen LogP contribution in [-0.4, -0.2) is 23.7 Å². The maximum Gasteiger partial charge on any atom is 0.176 e. The maximum absolute atomic E-state index is 6.05. The molecule has 5 heteroatoms. The largest absolute Gasteiger partial charge is 0.468 e. The summed E-state index contributed by atoms with van der Waals surface area (Å²) in [7, 11) is 0. The summed E-state index contributed by atoms with van der Waals surface area (Å²) in [5.74, 6) is 0.328. The molecule has 2 N–H and O–H groups in total. The summed E-state index contributed by atoms with van der Waals surface area (Å²) >= 11 is 10.9. The van der Waals surface area contributed by atoms with Crippen molar-refractivity contribution < 1.29 is 4.74 Å². The zero-order chi connectivity index (χ0) is 9.68. The van der Waals surface area contributed by atoms with Crippen molar-refractivity contribution in [2.75, 3.05) is 13.1 Å². The Balaban J connectivity index is 2.34. The van der Waals surface area contributed by atoms with E-state index in [1.807, 2.05) is 0 Å². The molecule has 0 aromatic carbocycles. The van der Waals surface area contributed by atoms with Crippen molar-refractivity contribution in [1.82, 2.24) is 10.9 Å². The van der Waals surface area contributed by atoms with Gasteiger partial charge in [0.05, 0.1) is 0 Å². The molecule has 1 aliphatic rings. The Morgan fingerprint density at radius 1 is 1.62 bits per heavy atom. The molecule has 1 aliphatic heterocycles. The molecule has 3 nitrogen and oxygen atoms in total. The van der Waals surface area contributed by atoms with Gasteiger partial charge in [0.2, 0.25) is 0 Å². The van der Waals surface area contributed by atoms with Gasteiger partial charge < -0.3 is 4.74 Å². The summed E-state index contributed by atoms with van der Waals surface area (Å²) in [6.45, 7) is 3.56. The van der Waals surface area contributed by atoms with Gasteiger partial charge in [-0.3, -0.25) is 10.9 Å². The molecule has 0 aromatic rings. The quantitative estimate of drug-likeness (QED) is 0.547. The third-order valence-corrected chi connectivity index (χ3v) is 2.56. The first kappa shape index (κ1) is 11.2. The molecule has 13 heavy (non-hydrogen) atoms. The molecule has 0 radical (unpaired) electrons. The summed E-state index contributed by atoms with van der Waals surface area (Å²) in [5, 5.41) is 0.511. The normalized spacial score (nSPS) is 26.2. The number of halogens is 1. The number of alkyl halides is 1. The number of hydrogen-bond donors (Lipinski definition) is 2. The van der Waals surface area contributed by atoms with E-state index in [0.717, 1.165) is 25.9 Å². The Morgan fingerprint density at radius 3 is 3.08 bits per heavy atom. The Hall–Kier alpha value is 0.1000. The predicted octanol–water partition coefficient (Wildman–Crippen LogP) is 1.42. The Morgan fingerprint density at radius 2 is 2.38 bits per heavy atom. The highest BCUT2D eigenvalue weighted by atomic mass is 35.5. The minimum atomic E-state index is -0.301. The van der Waals surface area contributed by atoms with Gasteiger partial charge in [0, 0.05) is 25.9 Å². The topological polar surface area (TPSA) is 33.3 Å². The molecule has 1 heterocycles. The summed E-state index contributed by atoms with van der Waals surface area (Å²) < 4.78 is 5.27. The molecule has 0 amide bonds. The summed E-state index contributed by atoms with van der Waals surface area (Å²) in [5.41, 5.74) is 5.88. The summed E-state index contributed by atoms with van der Waals surface area (Å²) in [6, 6.07) is 0. The average molecular weight is 223 g/mol. The fraction of sp³-hybridized carbons (Fsp3) is 0.875. The molecular formula is C8H15ClN2OS. The van der Waals surface area contributed by atoms with Gasteiger partial charge in [-0.25, -0.2) is 0 Å². The number of ether oxygens (including phenoxy) is 1. The molecule has 1 rings (SSSR count). The van der Waals surface area contributed by atoms with Crippen LogP contribution in [0.2, 0.25) is 0 Å². The lowest BCUT2D eigenvalue weighted by atomic mass is 10.1. The zero-order valence-corrected chi connectivity index (χ0v) is 9.25. The van der Waals surface area contributed by atoms with Crippen molar-refractivity contribution in [2.24, 2.45) is 5.92 Å². The number of nitrogens with one attached hydrogen (secondary N) is 2. The van der Waals surface area contributed by atoms with Crippen LogP contribution in [0.25, 0.3) is 0 Å². The van der Waals surface area contributed by atoms with Crippen LogP contribution >= 0.6 is 23.8 Å². The molecule has 0 bridgehead atoms. The zero-order valence-electron chi connectivity index (χ0n) is 7.68. The monoisotopic (exact) mass is 222 g/mol. The van der Waals surface area contributed by atoms with E-state index in [9.17, 15) is 0 Å². The van der Waals surface area contributed by atoms with Crippen LogP contribution in [0.3, 0.4) is 0 Å². The lowest BCUT2D eigenvalue weighted by molar-refractivity contribution is 0.193. The Kier molecular flexibility index (Phi) is 4.94. The van der Waals surface area contributed by atoms with Gasteiger partial charge in [-0.15, -0.1) is 0 Å². The lowest BCUT2D eigenvalue weighted by Crippen LogP contribution is -2.36. The molecular weight excluding hydrogens is 208 g/mol. The van der Waals surface area contributed by atoms with Crippen molar-refractivity contribution in [3.63, 3.8) is 0 Å². The first-order chi connectivity index (χ1) is 6.20. The highest BCUT2D eigenvalue weighted by molar-refractivity contribution is 7.80. The first-order valence-corrected chi connectivity index (χ1v) is 5.31. The van der Waals surface area contributed by atoms with Gasteiger partial charge in [0.1, 0.15) is 0 Å². The van der Waals surface area contributed by atoms with E-state index >= 15 is 0 Å². The second kappa shape index (κ2) is 5.75. The van der Waals surface area contributed by atoms with Crippen LogP contribution in [0.1, 0.15) is 19.8 Å². The average Bonchev–Trinajstić information content (AvgIpc) is 2.29. The van der Waals surface area contributed by atoms with Crippen LogP contribution in [0, 0.1) is 5.92 Å². The minimum Gasteiger partial charge on any atom is -0.468 e. The fourth-order valence-corrected chi connectivity index (χ4v) is 1.83. The van der Waals surface area contributed by atoms with Crippen molar-refractivity contribution in [1.29, 1.82) is 0 Å². The van der Waals surface area contributed by atoms with Crippen LogP contribution in [0.15, 0.2) is 0 Å². The molecule has 0 aromatic heterocycles. The number of rotatable bonds is 2. The molecule has 0 spiro atoms. The second-order valence-corrected chi connectivity index (χ2v) is 4.18. The smallest absolute Gasteiger partial charge is 0.176 e. The van der Waals surface area contributed by atoms with Gasteiger partial charge >= 0.3 is 0 Å². The van der Waals surface area contributed by atoms with E-state index in [1.54, 1.807) is 6.92 Å². The molecule has 0 aliphatic carbocycles. The second-order valence-electron chi connectivity index (χ2n) is 3.17. The molecule has 1 fully saturated rings. The number of hydrogen-bond acceptors (Lipinski definition) is 4. The van der Waals surface area contributed by atoms with Crippen LogP contribution in [-0.2, 0) is 4.74 Å². The van der Waals surface area contributed by atoms with E-state index in [1.165, 1.54) is 0 Å². The first-order valence-electron chi connectivity index (χ1n) is 4.47. The standard InChI is InChI=1S/C8H15ClN2OS/c1-6(13)12-8(9)7-3-2-4-10-11-5-7/h7-8,10-11H,2-5H2,1H3. The van der Waals surface area contributed by atoms with E-state index in [4.69, 9.17) is 28.6 Å². The molecule has 0 saturated carbocycles. The highest BCUT2D eigenvalue weighted by Crippen LogP contribution is 2.18. The Bertz CT molecular complexity index is 172. The van der Waals surface area contributed by atoms with Crippen molar-refractivity contribution in [2.45, 2.75) is 25.3 Å². The molecule has 2 unspecified atom stereocenters. The number of hydrazine groups is 1. The maximum atomic E-state index is 6.05. The van der Waals surface area contributed by atoms with E-state index in [0.29, 0.717) is 11.0 Å². The SMILES string of the molecule is CC(=S)OC(Cl)C1CCCNNC1. The van der Waals surface area contributed by atoms with E-state index < -0.39 is 0 Å². The van der Waals surface area contributed by atoms with Crippen molar-refractivity contribution in [3.8, 4) is 0 Å².